The Morgan fingerprint density at radius 2 is 1.76 bits per heavy atom. The lowest BCUT2D eigenvalue weighted by molar-refractivity contribution is -0.141. The quantitative estimate of drug-likeness (QED) is 0.726. The SMILES string of the molecule is COc1ccc(CNC(=O)CN2CCC(C(=O)N3CCOCC3)CC2)cc1OC. The van der Waals surface area contributed by atoms with Crippen LogP contribution in [0.2, 0.25) is 0 Å². The van der Waals surface area contributed by atoms with Crippen LogP contribution in [0, 0.1) is 5.92 Å². The van der Waals surface area contributed by atoms with E-state index in [9.17, 15) is 9.59 Å². The smallest absolute Gasteiger partial charge is 0.234 e. The Hall–Kier alpha value is -2.32. The summed E-state index contributed by atoms with van der Waals surface area (Å²) in [6, 6.07) is 5.60. The third kappa shape index (κ3) is 5.83. The van der Waals surface area contributed by atoms with Gasteiger partial charge in [-0.3, -0.25) is 14.5 Å². The number of ether oxygens (including phenoxy) is 3. The monoisotopic (exact) mass is 405 g/mol. The number of nitrogens with one attached hydrogen (secondary N) is 1. The van der Waals surface area contributed by atoms with Crippen molar-refractivity contribution in [2.45, 2.75) is 19.4 Å². The minimum absolute atomic E-state index is 0.0160. The van der Waals surface area contributed by atoms with Gasteiger partial charge in [-0.05, 0) is 43.6 Å². The van der Waals surface area contributed by atoms with Gasteiger partial charge in [0.25, 0.3) is 0 Å². The first-order valence-electron chi connectivity index (χ1n) is 10.2. The zero-order valence-corrected chi connectivity index (χ0v) is 17.3. The zero-order chi connectivity index (χ0) is 20.6. The van der Waals surface area contributed by atoms with Gasteiger partial charge in [0, 0.05) is 25.6 Å². The number of hydrogen-bond donors (Lipinski definition) is 1. The highest BCUT2D eigenvalue weighted by Gasteiger charge is 2.29. The molecule has 1 N–H and O–H groups in total. The van der Waals surface area contributed by atoms with Crippen molar-refractivity contribution in [2.24, 2.45) is 5.92 Å². The molecule has 8 heteroatoms. The summed E-state index contributed by atoms with van der Waals surface area (Å²) in [6.07, 6.45) is 1.61. The molecule has 2 heterocycles. The molecule has 8 nitrogen and oxygen atoms in total. The molecule has 3 rings (SSSR count). The first kappa shape index (κ1) is 21.4. The number of hydrogen-bond acceptors (Lipinski definition) is 6. The summed E-state index contributed by atoms with van der Waals surface area (Å²) in [4.78, 5) is 29.0. The molecule has 1 aromatic carbocycles. The first-order chi connectivity index (χ1) is 14.1. The van der Waals surface area contributed by atoms with E-state index in [0.29, 0.717) is 50.9 Å². The molecule has 0 radical (unpaired) electrons. The van der Waals surface area contributed by atoms with Crippen molar-refractivity contribution in [3.63, 3.8) is 0 Å². The van der Waals surface area contributed by atoms with Gasteiger partial charge in [-0.2, -0.15) is 0 Å². The van der Waals surface area contributed by atoms with Crippen molar-refractivity contribution in [3.05, 3.63) is 23.8 Å². The fraction of sp³-hybridized carbons (Fsp3) is 0.619. The number of carbonyl (C=O) groups excluding carboxylic acids is 2. The standard InChI is InChI=1S/C21H31N3O5/c1-27-18-4-3-16(13-19(18)28-2)14-22-20(25)15-23-7-5-17(6-8-23)21(26)24-9-11-29-12-10-24/h3-4,13,17H,5-12,14-15H2,1-2H3,(H,22,25). The van der Waals surface area contributed by atoms with Crippen molar-refractivity contribution in [3.8, 4) is 11.5 Å². The van der Waals surface area contributed by atoms with Crippen LogP contribution in [0.5, 0.6) is 11.5 Å². The van der Waals surface area contributed by atoms with Gasteiger partial charge in [0.15, 0.2) is 11.5 Å². The third-order valence-electron chi connectivity index (χ3n) is 5.56. The molecule has 29 heavy (non-hydrogen) atoms. The van der Waals surface area contributed by atoms with E-state index in [0.717, 1.165) is 31.5 Å². The Bertz CT molecular complexity index is 698. The average Bonchev–Trinajstić information content (AvgIpc) is 2.78. The number of methoxy groups -OCH3 is 2. The highest BCUT2D eigenvalue weighted by molar-refractivity contribution is 5.79. The van der Waals surface area contributed by atoms with Gasteiger partial charge in [-0.1, -0.05) is 6.07 Å². The van der Waals surface area contributed by atoms with Crippen LogP contribution in [0.3, 0.4) is 0 Å². The number of amides is 2. The Balaban J connectivity index is 1.40. The van der Waals surface area contributed by atoms with Crippen LogP contribution in [0.4, 0.5) is 0 Å². The van der Waals surface area contributed by atoms with E-state index in [4.69, 9.17) is 14.2 Å². The first-order valence-corrected chi connectivity index (χ1v) is 10.2. The maximum absolute atomic E-state index is 12.6. The summed E-state index contributed by atoms with van der Waals surface area (Å²) in [6.45, 7) is 4.97. The molecule has 2 amide bonds. The topological polar surface area (TPSA) is 80.3 Å². The number of piperidine rings is 1. The number of carbonyl (C=O) groups is 2. The Morgan fingerprint density at radius 1 is 1.07 bits per heavy atom. The number of rotatable bonds is 7. The summed E-state index contributed by atoms with van der Waals surface area (Å²) >= 11 is 0. The van der Waals surface area contributed by atoms with Gasteiger partial charge in [0.2, 0.25) is 11.8 Å². The fourth-order valence-electron chi connectivity index (χ4n) is 3.83. The summed E-state index contributed by atoms with van der Waals surface area (Å²) in [5.41, 5.74) is 0.950. The second-order valence-electron chi connectivity index (χ2n) is 7.45. The van der Waals surface area contributed by atoms with Gasteiger partial charge in [-0.15, -0.1) is 0 Å². The average molecular weight is 405 g/mol. The van der Waals surface area contributed by atoms with Gasteiger partial charge >= 0.3 is 0 Å². The molecule has 0 bridgehead atoms. The van der Waals surface area contributed by atoms with Gasteiger partial charge < -0.3 is 24.4 Å². The molecule has 2 saturated heterocycles. The molecular weight excluding hydrogens is 374 g/mol. The molecule has 0 atom stereocenters. The van der Waals surface area contributed by atoms with Crippen molar-refractivity contribution in [2.75, 3.05) is 60.2 Å². The van der Waals surface area contributed by atoms with Crippen molar-refractivity contribution < 1.29 is 23.8 Å². The summed E-state index contributed by atoms with van der Waals surface area (Å²) in [7, 11) is 3.19. The van der Waals surface area contributed by atoms with Crippen molar-refractivity contribution in [1.29, 1.82) is 0 Å². The Morgan fingerprint density at radius 3 is 2.41 bits per heavy atom. The van der Waals surface area contributed by atoms with E-state index in [1.807, 2.05) is 23.1 Å². The zero-order valence-electron chi connectivity index (χ0n) is 17.3. The number of likely N-dealkylation sites (tertiary alicyclic amines) is 1. The van der Waals surface area contributed by atoms with Crippen LogP contribution in [0.25, 0.3) is 0 Å². The molecule has 160 valence electrons. The molecule has 1 aromatic rings. The van der Waals surface area contributed by atoms with Crippen LogP contribution in [0.15, 0.2) is 18.2 Å². The maximum atomic E-state index is 12.6. The predicted octanol–water partition coefficient (Wildman–Crippen LogP) is 0.891. The summed E-state index contributed by atoms with van der Waals surface area (Å²) in [5, 5.41) is 2.95. The molecule has 2 aliphatic rings. The normalized spacial score (nSPS) is 18.3. The Labute approximate surface area is 172 Å². The van der Waals surface area contributed by atoms with Crippen LogP contribution in [0.1, 0.15) is 18.4 Å². The van der Waals surface area contributed by atoms with Gasteiger partial charge in [-0.25, -0.2) is 0 Å². The van der Waals surface area contributed by atoms with Gasteiger partial charge in [0.1, 0.15) is 0 Å². The van der Waals surface area contributed by atoms with E-state index in [1.54, 1.807) is 14.2 Å². The molecule has 0 aromatic heterocycles. The summed E-state index contributed by atoms with van der Waals surface area (Å²) < 4.78 is 15.8. The third-order valence-corrected chi connectivity index (χ3v) is 5.56. The van der Waals surface area contributed by atoms with Crippen LogP contribution >= 0.6 is 0 Å². The molecule has 0 aliphatic carbocycles. The number of nitrogens with zero attached hydrogens (tertiary/aromatic N) is 2. The maximum Gasteiger partial charge on any atom is 0.234 e. The highest BCUT2D eigenvalue weighted by atomic mass is 16.5. The molecule has 0 spiro atoms. The van der Waals surface area contributed by atoms with E-state index in [-0.39, 0.29) is 17.7 Å². The largest absolute Gasteiger partial charge is 0.493 e. The van der Waals surface area contributed by atoms with E-state index < -0.39 is 0 Å². The number of benzene rings is 1. The van der Waals surface area contributed by atoms with Gasteiger partial charge in [0.05, 0.1) is 34.0 Å². The lowest BCUT2D eigenvalue weighted by atomic mass is 9.95. The molecule has 2 aliphatic heterocycles. The van der Waals surface area contributed by atoms with Crippen LogP contribution in [-0.2, 0) is 20.9 Å². The van der Waals surface area contributed by atoms with E-state index in [2.05, 4.69) is 10.2 Å². The van der Waals surface area contributed by atoms with E-state index in [1.165, 1.54) is 0 Å². The lowest BCUT2D eigenvalue weighted by Crippen LogP contribution is -2.48. The Kier molecular flexibility index (Phi) is 7.71. The fourth-order valence-corrected chi connectivity index (χ4v) is 3.83. The van der Waals surface area contributed by atoms with Crippen LogP contribution < -0.4 is 14.8 Å². The molecular formula is C21H31N3O5. The predicted molar refractivity (Wildman–Crippen MR) is 108 cm³/mol. The molecule has 2 fully saturated rings. The second-order valence-corrected chi connectivity index (χ2v) is 7.45. The second kappa shape index (κ2) is 10.5. The lowest BCUT2D eigenvalue weighted by Gasteiger charge is -2.35. The number of morpholine rings is 1. The van der Waals surface area contributed by atoms with Crippen molar-refractivity contribution in [1.82, 2.24) is 15.1 Å². The molecule has 0 unspecified atom stereocenters. The van der Waals surface area contributed by atoms with E-state index >= 15 is 0 Å². The minimum Gasteiger partial charge on any atom is -0.493 e. The molecule has 0 saturated carbocycles. The van der Waals surface area contributed by atoms with Crippen molar-refractivity contribution >= 4 is 11.8 Å². The minimum atomic E-state index is -0.0160. The highest BCUT2D eigenvalue weighted by Crippen LogP contribution is 2.27. The summed E-state index contributed by atoms with van der Waals surface area (Å²) in [5.74, 6) is 1.60. The van der Waals surface area contributed by atoms with Crippen LogP contribution in [-0.4, -0.2) is 81.8 Å².